The van der Waals surface area contributed by atoms with Gasteiger partial charge in [-0.2, -0.15) is 0 Å². The molecule has 8 nitrogen and oxygen atoms in total. The van der Waals surface area contributed by atoms with Crippen molar-refractivity contribution in [2.75, 3.05) is 18.2 Å². The molecule has 0 amide bonds. The molecule has 2 aliphatic heterocycles. The van der Waals surface area contributed by atoms with E-state index in [0.29, 0.717) is 12.1 Å². The van der Waals surface area contributed by atoms with Crippen LogP contribution in [0.3, 0.4) is 0 Å². The molecule has 33 heavy (non-hydrogen) atoms. The Morgan fingerprint density at radius 2 is 1.94 bits per heavy atom. The topological polar surface area (TPSA) is 91.0 Å². The molecular weight excluding hydrogens is 438 g/mol. The third-order valence-electron chi connectivity index (χ3n) is 6.74. The Kier molecular flexibility index (Phi) is 3.92. The van der Waals surface area contributed by atoms with Crippen LogP contribution in [0.4, 0.5) is 5.69 Å². The SMILES string of the molecule is Cc1c(-c2cccc3c2ccn3S(C)(=O)=O)c2c(c3c1-n1c(C)nnc1C(C)(C)N3)CCO2. The average molecular weight is 464 g/mol. The standard InChI is InChI=1S/C24H25N5O3S/c1-13-19(16-7-6-8-18-15(16)9-11-28(18)33(5,30)31)22-17(10-12-32-22)20-21(13)29-14(2)26-27-23(29)24(3,4)25-20/h6-9,11,25H,10,12H2,1-5H3. The lowest BCUT2D eigenvalue weighted by molar-refractivity contribution is 0.358. The number of rotatable bonds is 2. The first-order valence-electron chi connectivity index (χ1n) is 10.9. The molecule has 9 heteroatoms. The summed E-state index contributed by atoms with van der Waals surface area (Å²) in [5.41, 5.74) is 6.47. The maximum Gasteiger partial charge on any atom is 0.236 e. The minimum absolute atomic E-state index is 0.384. The summed E-state index contributed by atoms with van der Waals surface area (Å²) in [7, 11) is -3.42. The highest BCUT2D eigenvalue weighted by atomic mass is 32.2. The van der Waals surface area contributed by atoms with Gasteiger partial charge in [0, 0.05) is 29.1 Å². The fourth-order valence-electron chi connectivity index (χ4n) is 5.33. The van der Waals surface area contributed by atoms with E-state index in [4.69, 9.17) is 4.74 Å². The van der Waals surface area contributed by atoms with Gasteiger partial charge >= 0.3 is 0 Å². The normalized spacial score (nSPS) is 16.2. The van der Waals surface area contributed by atoms with Crippen LogP contribution in [0.1, 0.15) is 36.6 Å². The lowest BCUT2D eigenvalue weighted by atomic mass is 9.88. The van der Waals surface area contributed by atoms with Crippen molar-refractivity contribution >= 4 is 26.6 Å². The van der Waals surface area contributed by atoms with Crippen molar-refractivity contribution in [1.82, 2.24) is 18.7 Å². The summed E-state index contributed by atoms with van der Waals surface area (Å²) in [5.74, 6) is 2.56. The molecule has 6 rings (SSSR count). The smallest absolute Gasteiger partial charge is 0.236 e. The van der Waals surface area contributed by atoms with Crippen molar-refractivity contribution in [3.63, 3.8) is 0 Å². The molecule has 0 fully saturated rings. The van der Waals surface area contributed by atoms with Crippen LogP contribution in [0.5, 0.6) is 5.75 Å². The molecule has 0 bridgehead atoms. The van der Waals surface area contributed by atoms with Gasteiger partial charge in [0.15, 0.2) is 5.82 Å². The summed E-state index contributed by atoms with van der Waals surface area (Å²) in [5, 5.41) is 13.4. The zero-order valence-corrected chi connectivity index (χ0v) is 20.0. The third kappa shape index (κ3) is 2.65. The van der Waals surface area contributed by atoms with Crippen LogP contribution in [0.15, 0.2) is 30.5 Å². The fraction of sp³-hybridized carbons (Fsp3) is 0.333. The summed E-state index contributed by atoms with van der Waals surface area (Å²) in [6.07, 6.45) is 3.63. The summed E-state index contributed by atoms with van der Waals surface area (Å²) >= 11 is 0. The van der Waals surface area contributed by atoms with Crippen LogP contribution >= 0.6 is 0 Å². The first-order valence-corrected chi connectivity index (χ1v) is 12.8. The number of fused-ring (bicyclic) bond motifs is 6. The Bertz CT molecular complexity index is 1590. The summed E-state index contributed by atoms with van der Waals surface area (Å²) in [4.78, 5) is 0. The molecule has 4 heterocycles. The van der Waals surface area contributed by atoms with Gasteiger partial charge < -0.3 is 10.1 Å². The van der Waals surface area contributed by atoms with Crippen LogP contribution in [0.2, 0.25) is 0 Å². The van der Waals surface area contributed by atoms with E-state index < -0.39 is 10.0 Å². The van der Waals surface area contributed by atoms with Crippen molar-refractivity contribution in [3.05, 3.63) is 53.2 Å². The zero-order chi connectivity index (χ0) is 23.3. The van der Waals surface area contributed by atoms with Crippen molar-refractivity contribution < 1.29 is 13.2 Å². The maximum absolute atomic E-state index is 12.3. The monoisotopic (exact) mass is 463 g/mol. The lowest BCUT2D eigenvalue weighted by Gasteiger charge is -2.36. The fourth-order valence-corrected chi connectivity index (χ4v) is 6.13. The quantitative estimate of drug-likeness (QED) is 0.485. The number of aromatic nitrogens is 4. The van der Waals surface area contributed by atoms with Crippen molar-refractivity contribution in [3.8, 4) is 22.6 Å². The largest absolute Gasteiger partial charge is 0.492 e. The highest BCUT2D eigenvalue weighted by molar-refractivity contribution is 7.89. The molecule has 0 saturated carbocycles. The van der Waals surface area contributed by atoms with Crippen molar-refractivity contribution in [1.29, 1.82) is 0 Å². The highest BCUT2D eigenvalue weighted by Crippen LogP contribution is 2.52. The molecule has 1 N–H and O–H groups in total. The molecule has 2 aromatic heterocycles. The molecule has 0 radical (unpaired) electrons. The first kappa shape index (κ1) is 20.3. The Morgan fingerprint density at radius 3 is 2.70 bits per heavy atom. The highest BCUT2D eigenvalue weighted by Gasteiger charge is 2.39. The second kappa shape index (κ2) is 6.38. The van der Waals surface area contributed by atoms with E-state index in [1.165, 1.54) is 10.2 Å². The minimum atomic E-state index is -3.42. The predicted molar refractivity (Wildman–Crippen MR) is 128 cm³/mol. The van der Waals surface area contributed by atoms with Crippen LogP contribution in [-0.2, 0) is 22.0 Å². The molecule has 2 aliphatic rings. The Labute approximate surface area is 192 Å². The summed E-state index contributed by atoms with van der Waals surface area (Å²) in [6, 6.07) is 7.63. The number of hydrogen-bond donors (Lipinski definition) is 1. The van der Waals surface area contributed by atoms with E-state index >= 15 is 0 Å². The average Bonchev–Trinajstić information content (AvgIpc) is 3.46. The van der Waals surface area contributed by atoms with Crippen LogP contribution in [-0.4, -0.2) is 40.0 Å². The Morgan fingerprint density at radius 1 is 1.15 bits per heavy atom. The zero-order valence-electron chi connectivity index (χ0n) is 19.2. The number of nitrogens with zero attached hydrogens (tertiary/aromatic N) is 4. The number of hydrogen-bond acceptors (Lipinski definition) is 6. The van der Waals surface area contributed by atoms with Crippen LogP contribution in [0, 0.1) is 13.8 Å². The van der Waals surface area contributed by atoms with Gasteiger partial charge in [0.05, 0.1) is 35.3 Å². The summed E-state index contributed by atoms with van der Waals surface area (Å²) in [6.45, 7) is 8.88. The van der Waals surface area contributed by atoms with E-state index in [1.54, 1.807) is 6.20 Å². The van der Waals surface area contributed by atoms with E-state index in [1.807, 2.05) is 31.2 Å². The van der Waals surface area contributed by atoms with Gasteiger partial charge in [0.25, 0.3) is 0 Å². The Hall–Kier alpha value is -3.33. The number of ether oxygens (including phenoxy) is 1. The molecule has 2 aromatic carbocycles. The molecular formula is C24H25N5O3S. The van der Waals surface area contributed by atoms with E-state index in [2.05, 4.69) is 40.9 Å². The first-order chi connectivity index (χ1) is 15.6. The third-order valence-corrected chi connectivity index (χ3v) is 7.77. The van der Waals surface area contributed by atoms with Gasteiger partial charge in [0.2, 0.25) is 10.0 Å². The Balaban J connectivity index is 1.73. The predicted octanol–water partition coefficient (Wildman–Crippen LogP) is 3.91. The van der Waals surface area contributed by atoms with E-state index in [0.717, 1.165) is 62.8 Å². The van der Waals surface area contributed by atoms with Gasteiger partial charge in [-0.25, -0.2) is 12.4 Å². The summed E-state index contributed by atoms with van der Waals surface area (Å²) < 4.78 is 34.3. The number of aryl methyl sites for hydroxylation is 1. The second-order valence-corrected chi connectivity index (χ2v) is 11.3. The molecule has 170 valence electrons. The van der Waals surface area contributed by atoms with Gasteiger partial charge in [-0.15, -0.1) is 10.2 Å². The second-order valence-electron chi connectivity index (χ2n) is 9.40. The van der Waals surface area contributed by atoms with Gasteiger partial charge in [0.1, 0.15) is 11.6 Å². The van der Waals surface area contributed by atoms with Gasteiger partial charge in [-0.05, 0) is 51.0 Å². The van der Waals surface area contributed by atoms with Gasteiger partial charge in [-0.3, -0.25) is 4.57 Å². The number of nitrogens with one attached hydrogen (secondary N) is 1. The molecule has 0 atom stereocenters. The molecule has 0 unspecified atom stereocenters. The molecule has 0 aliphatic carbocycles. The van der Waals surface area contributed by atoms with Crippen molar-refractivity contribution in [2.45, 2.75) is 39.7 Å². The number of anilines is 1. The molecule has 0 saturated heterocycles. The van der Waals surface area contributed by atoms with Crippen LogP contribution in [0.25, 0.3) is 27.7 Å². The van der Waals surface area contributed by atoms with Crippen LogP contribution < -0.4 is 10.1 Å². The molecule has 0 spiro atoms. The van der Waals surface area contributed by atoms with Crippen molar-refractivity contribution in [2.24, 2.45) is 0 Å². The van der Waals surface area contributed by atoms with Gasteiger partial charge in [-0.1, -0.05) is 12.1 Å². The number of benzene rings is 2. The minimum Gasteiger partial charge on any atom is -0.492 e. The maximum atomic E-state index is 12.3. The lowest BCUT2D eigenvalue weighted by Crippen LogP contribution is -2.36. The van der Waals surface area contributed by atoms with E-state index in [9.17, 15) is 8.42 Å². The molecule has 4 aromatic rings. The van der Waals surface area contributed by atoms with E-state index in [-0.39, 0.29) is 5.54 Å².